The molecule has 0 aromatic carbocycles. The number of anilines is 1. The molecule has 2 heterocycles. The van der Waals surface area contributed by atoms with Gasteiger partial charge in [-0.2, -0.15) is 0 Å². The molecule has 1 aliphatic heterocycles. The first kappa shape index (κ1) is 14.3. The van der Waals surface area contributed by atoms with Crippen molar-refractivity contribution in [2.75, 3.05) is 11.9 Å². The lowest BCUT2D eigenvalue weighted by Gasteiger charge is -2.33. The van der Waals surface area contributed by atoms with Crippen molar-refractivity contribution in [3.8, 4) is 0 Å². The molecule has 1 atom stereocenters. The first-order chi connectivity index (χ1) is 9.50. The summed E-state index contributed by atoms with van der Waals surface area (Å²) < 4.78 is 0. The second kappa shape index (κ2) is 5.91. The van der Waals surface area contributed by atoms with Crippen LogP contribution in [0.15, 0.2) is 11.4 Å². The SMILES string of the molecule is NC(=O)C1CCCCN1C(=O)Nc1sccc1C(=O)O. The Hall–Kier alpha value is -2.09. The molecule has 4 N–H and O–H groups in total. The zero-order chi connectivity index (χ0) is 14.7. The number of aromatic carboxylic acids is 1. The maximum absolute atomic E-state index is 12.2. The molecule has 1 unspecified atom stereocenters. The van der Waals surface area contributed by atoms with Crippen LogP contribution in [0.25, 0.3) is 0 Å². The third-order valence-corrected chi connectivity index (χ3v) is 4.04. The first-order valence-corrected chi connectivity index (χ1v) is 7.06. The molecule has 1 aliphatic rings. The van der Waals surface area contributed by atoms with Crippen molar-refractivity contribution >= 4 is 34.2 Å². The maximum atomic E-state index is 12.2. The Kier molecular flexibility index (Phi) is 4.23. The summed E-state index contributed by atoms with van der Waals surface area (Å²) in [6.45, 7) is 0.438. The molecular formula is C12H15N3O4S. The predicted molar refractivity (Wildman–Crippen MR) is 73.8 cm³/mol. The van der Waals surface area contributed by atoms with Crippen LogP contribution in [-0.4, -0.2) is 40.5 Å². The smallest absolute Gasteiger partial charge is 0.338 e. The monoisotopic (exact) mass is 297 g/mol. The average molecular weight is 297 g/mol. The average Bonchev–Trinajstić information content (AvgIpc) is 2.87. The van der Waals surface area contributed by atoms with Gasteiger partial charge in [0.2, 0.25) is 5.91 Å². The Labute approximate surface area is 119 Å². The number of rotatable bonds is 3. The van der Waals surface area contributed by atoms with Crippen molar-refractivity contribution in [2.24, 2.45) is 5.73 Å². The number of amides is 3. The van der Waals surface area contributed by atoms with Crippen LogP contribution in [0.3, 0.4) is 0 Å². The highest BCUT2D eigenvalue weighted by molar-refractivity contribution is 7.14. The number of nitrogens with one attached hydrogen (secondary N) is 1. The number of hydrogen-bond acceptors (Lipinski definition) is 4. The number of likely N-dealkylation sites (tertiary alicyclic amines) is 1. The summed E-state index contributed by atoms with van der Waals surface area (Å²) in [5.74, 6) is -1.64. The molecule has 2 rings (SSSR count). The molecule has 0 bridgehead atoms. The van der Waals surface area contributed by atoms with Gasteiger partial charge in [-0.1, -0.05) is 0 Å². The summed E-state index contributed by atoms with van der Waals surface area (Å²) in [5.41, 5.74) is 5.33. The second-order valence-electron chi connectivity index (χ2n) is 4.51. The summed E-state index contributed by atoms with van der Waals surface area (Å²) in [4.78, 5) is 35.9. The van der Waals surface area contributed by atoms with Crippen LogP contribution in [0.5, 0.6) is 0 Å². The molecule has 8 heteroatoms. The van der Waals surface area contributed by atoms with Gasteiger partial charge in [0.1, 0.15) is 11.0 Å². The van der Waals surface area contributed by atoms with Crippen LogP contribution in [0, 0.1) is 0 Å². The molecule has 1 aromatic rings. The Morgan fingerprint density at radius 1 is 1.40 bits per heavy atom. The zero-order valence-electron chi connectivity index (χ0n) is 10.7. The summed E-state index contributed by atoms with van der Waals surface area (Å²) in [6.07, 6.45) is 2.18. The highest BCUT2D eigenvalue weighted by Crippen LogP contribution is 2.25. The van der Waals surface area contributed by atoms with Gasteiger partial charge >= 0.3 is 12.0 Å². The Morgan fingerprint density at radius 3 is 2.80 bits per heavy atom. The molecule has 7 nitrogen and oxygen atoms in total. The molecule has 1 fully saturated rings. The number of carbonyl (C=O) groups excluding carboxylic acids is 2. The highest BCUT2D eigenvalue weighted by atomic mass is 32.1. The van der Waals surface area contributed by atoms with Crippen LogP contribution in [0.1, 0.15) is 29.6 Å². The van der Waals surface area contributed by atoms with E-state index in [1.54, 1.807) is 5.38 Å². The molecule has 0 radical (unpaired) electrons. The van der Waals surface area contributed by atoms with Crippen LogP contribution in [0.2, 0.25) is 0 Å². The van der Waals surface area contributed by atoms with Crippen molar-refractivity contribution in [1.29, 1.82) is 0 Å². The van der Waals surface area contributed by atoms with Crippen molar-refractivity contribution in [1.82, 2.24) is 4.90 Å². The summed E-state index contributed by atoms with van der Waals surface area (Å²) >= 11 is 1.12. The lowest BCUT2D eigenvalue weighted by molar-refractivity contribution is -0.123. The Bertz CT molecular complexity index is 543. The fourth-order valence-electron chi connectivity index (χ4n) is 2.21. The number of hydrogen-bond donors (Lipinski definition) is 3. The minimum absolute atomic E-state index is 0.0379. The van der Waals surface area contributed by atoms with E-state index < -0.39 is 23.9 Å². The van der Waals surface area contributed by atoms with E-state index in [0.717, 1.165) is 24.2 Å². The molecule has 0 spiro atoms. The van der Waals surface area contributed by atoms with Crippen LogP contribution < -0.4 is 11.1 Å². The number of primary amides is 1. The van der Waals surface area contributed by atoms with Gasteiger partial charge in [-0.15, -0.1) is 11.3 Å². The molecule has 20 heavy (non-hydrogen) atoms. The van der Waals surface area contributed by atoms with E-state index in [1.807, 2.05) is 0 Å². The topological polar surface area (TPSA) is 113 Å². The van der Waals surface area contributed by atoms with E-state index in [9.17, 15) is 14.4 Å². The van der Waals surface area contributed by atoms with Crippen molar-refractivity contribution in [2.45, 2.75) is 25.3 Å². The first-order valence-electron chi connectivity index (χ1n) is 6.18. The van der Waals surface area contributed by atoms with E-state index in [1.165, 1.54) is 11.0 Å². The number of thiophene rings is 1. The number of urea groups is 1. The number of carbonyl (C=O) groups is 3. The summed E-state index contributed by atoms with van der Waals surface area (Å²) in [5, 5.41) is 13.4. The van der Waals surface area contributed by atoms with E-state index >= 15 is 0 Å². The summed E-state index contributed by atoms with van der Waals surface area (Å²) in [6, 6.07) is 0.306. The van der Waals surface area contributed by atoms with Crippen molar-refractivity contribution in [3.63, 3.8) is 0 Å². The number of carboxylic acids is 1. The van der Waals surface area contributed by atoms with Gasteiger partial charge in [0.25, 0.3) is 0 Å². The molecule has 108 valence electrons. The normalized spacial score (nSPS) is 18.6. The van der Waals surface area contributed by atoms with Crippen LogP contribution in [-0.2, 0) is 4.79 Å². The largest absolute Gasteiger partial charge is 0.478 e. The minimum Gasteiger partial charge on any atom is -0.478 e. The Morgan fingerprint density at radius 2 is 2.15 bits per heavy atom. The van der Waals surface area contributed by atoms with E-state index in [0.29, 0.717) is 13.0 Å². The van der Waals surface area contributed by atoms with Gasteiger partial charge in [-0.3, -0.25) is 10.1 Å². The van der Waals surface area contributed by atoms with E-state index in [4.69, 9.17) is 10.8 Å². The van der Waals surface area contributed by atoms with E-state index in [2.05, 4.69) is 5.32 Å². The lowest BCUT2D eigenvalue weighted by atomic mass is 10.0. The van der Waals surface area contributed by atoms with Gasteiger partial charge in [0.15, 0.2) is 0 Å². The second-order valence-corrected chi connectivity index (χ2v) is 5.42. The predicted octanol–water partition coefficient (Wildman–Crippen LogP) is 1.32. The third kappa shape index (κ3) is 2.90. The van der Waals surface area contributed by atoms with Gasteiger partial charge in [0.05, 0.1) is 5.56 Å². The van der Waals surface area contributed by atoms with Crippen LogP contribution >= 0.6 is 11.3 Å². The highest BCUT2D eigenvalue weighted by Gasteiger charge is 2.31. The Balaban J connectivity index is 2.12. The number of nitrogens with two attached hydrogens (primary N) is 1. The molecule has 0 aliphatic carbocycles. The minimum atomic E-state index is -1.10. The maximum Gasteiger partial charge on any atom is 0.338 e. The molecule has 0 saturated carbocycles. The van der Waals surface area contributed by atoms with Gasteiger partial charge in [-0.25, -0.2) is 9.59 Å². The lowest BCUT2D eigenvalue weighted by Crippen LogP contribution is -2.51. The van der Waals surface area contributed by atoms with Crippen molar-refractivity contribution in [3.05, 3.63) is 17.0 Å². The molecule has 1 saturated heterocycles. The number of piperidine rings is 1. The van der Waals surface area contributed by atoms with Crippen LogP contribution in [0.4, 0.5) is 9.80 Å². The number of nitrogens with zero attached hydrogens (tertiary/aromatic N) is 1. The van der Waals surface area contributed by atoms with Gasteiger partial charge < -0.3 is 15.7 Å². The van der Waals surface area contributed by atoms with Gasteiger partial charge in [-0.05, 0) is 30.7 Å². The molecular weight excluding hydrogens is 282 g/mol. The molecule has 3 amide bonds. The third-order valence-electron chi connectivity index (χ3n) is 3.21. The molecule has 1 aromatic heterocycles. The van der Waals surface area contributed by atoms with E-state index in [-0.39, 0.29) is 10.6 Å². The fourth-order valence-corrected chi connectivity index (χ4v) is 2.98. The quantitative estimate of drug-likeness (QED) is 0.780. The zero-order valence-corrected chi connectivity index (χ0v) is 11.5. The fraction of sp³-hybridized carbons (Fsp3) is 0.417. The van der Waals surface area contributed by atoms with Crippen molar-refractivity contribution < 1.29 is 19.5 Å². The standard InChI is InChI=1S/C12H15N3O4S/c13-9(16)8-3-1-2-5-15(8)12(19)14-10-7(11(17)18)4-6-20-10/h4,6,8H,1-3,5H2,(H2,13,16)(H,14,19)(H,17,18). The summed E-state index contributed by atoms with van der Waals surface area (Å²) in [7, 11) is 0. The van der Waals surface area contributed by atoms with Gasteiger partial charge in [0, 0.05) is 6.54 Å². The number of carboxylic acid groups (broad SMARTS) is 1.